The lowest BCUT2D eigenvalue weighted by atomic mass is 10.1. The highest BCUT2D eigenvalue weighted by Crippen LogP contribution is 2.13. The average molecular weight is 369 g/mol. The Bertz CT molecular complexity index is 799. The van der Waals surface area contributed by atoms with Gasteiger partial charge in [0, 0.05) is 44.0 Å². The van der Waals surface area contributed by atoms with E-state index in [4.69, 9.17) is 0 Å². The molecular weight excluding hydrogens is 345 g/mol. The summed E-state index contributed by atoms with van der Waals surface area (Å²) in [5.74, 6) is -0.161. The lowest BCUT2D eigenvalue weighted by molar-refractivity contribution is 0.101. The first-order valence-corrected chi connectivity index (χ1v) is 9.15. The Hall–Kier alpha value is -2.73. The molecule has 1 aliphatic rings. The zero-order chi connectivity index (χ0) is 19.2. The summed E-state index contributed by atoms with van der Waals surface area (Å²) < 4.78 is 13.7. The summed E-state index contributed by atoms with van der Waals surface area (Å²) in [6.45, 7) is 5.10. The molecule has 2 aromatic rings. The molecule has 0 unspecified atom stereocenters. The van der Waals surface area contributed by atoms with Crippen LogP contribution in [0.25, 0.3) is 0 Å². The Balaban J connectivity index is 1.45. The lowest BCUT2D eigenvalue weighted by Gasteiger charge is -2.34. The zero-order valence-electron chi connectivity index (χ0n) is 15.5. The van der Waals surface area contributed by atoms with Gasteiger partial charge in [-0.1, -0.05) is 18.2 Å². The molecule has 2 amide bonds. The molecule has 0 saturated carbocycles. The van der Waals surface area contributed by atoms with Crippen LogP contribution >= 0.6 is 0 Å². The van der Waals surface area contributed by atoms with Gasteiger partial charge in [0.2, 0.25) is 0 Å². The highest BCUT2D eigenvalue weighted by Gasteiger charge is 2.21. The summed E-state index contributed by atoms with van der Waals surface area (Å²) in [6, 6.07) is 13.6. The largest absolute Gasteiger partial charge is 0.322 e. The minimum absolute atomic E-state index is 0.000572. The molecule has 0 radical (unpaired) electrons. The number of halogens is 1. The number of benzene rings is 2. The van der Waals surface area contributed by atoms with Gasteiger partial charge in [0.15, 0.2) is 5.78 Å². The number of carbonyl (C=O) groups excluding carboxylic acids is 2. The van der Waals surface area contributed by atoms with Crippen molar-refractivity contribution in [2.75, 3.05) is 38.0 Å². The Morgan fingerprint density at radius 3 is 2.30 bits per heavy atom. The smallest absolute Gasteiger partial charge is 0.321 e. The van der Waals surface area contributed by atoms with Crippen LogP contribution in [-0.2, 0) is 6.42 Å². The molecule has 1 heterocycles. The first kappa shape index (κ1) is 19.0. The number of amides is 2. The van der Waals surface area contributed by atoms with Crippen molar-refractivity contribution in [1.29, 1.82) is 0 Å². The maximum atomic E-state index is 13.7. The Kier molecular flexibility index (Phi) is 6.19. The van der Waals surface area contributed by atoms with E-state index < -0.39 is 0 Å². The van der Waals surface area contributed by atoms with Crippen LogP contribution in [0.15, 0.2) is 48.5 Å². The number of urea groups is 1. The second-order valence-corrected chi connectivity index (χ2v) is 6.73. The monoisotopic (exact) mass is 369 g/mol. The summed E-state index contributed by atoms with van der Waals surface area (Å²) in [5.41, 5.74) is 2.02. The number of carbonyl (C=O) groups is 2. The van der Waals surface area contributed by atoms with Crippen LogP contribution in [0.2, 0.25) is 0 Å². The molecule has 0 spiro atoms. The van der Waals surface area contributed by atoms with E-state index in [0.29, 0.717) is 30.8 Å². The van der Waals surface area contributed by atoms with Crippen molar-refractivity contribution in [2.24, 2.45) is 0 Å². The lowest BCUT2D eigenvalue weighted by Crippen LogP contribution is -2.50. The van der Waals surface area contributed by atoms with Gasteiger partial charge in [0.1, 0.15) is 5.82 Å². The number of ketones is 1. The topological polar surface area (TPSA) is 52.7 Å². The van der Waals surface area contributed by atoms with Gasteiger partial charge in [-0.05, 0) is 49.2 Å². The third kappa shape index (κ3) is 5.14. The van der Waals surface area contributed by atoms with Gasteiger partial charge < -0.3 is 10.2 Å². The molecule has 0 bridgehead atoms. The first-order chi connectivity index (χ1) is 13.0. The van der Waals surface area contributed by atoms with E-state index in [-0.39, 0.29) is 17.6 Å². The Morgan fingerprint density at radius 2 is 1.67 bits per heavy atom. The van der Waals surface area contributed by atoms with Gasteiger partial charge in [0.25, 0.3) is 0 Å². The SMILES string of the molecule is CC(=O)c1ccc(NC(=O)N2CCN(CCc3ccccc3F)CC2)cc1. The van der Waals surface area contributed by atoms with Crippen LogP contribution in [-0.4, -0.2) is 54.3 Å². The molecule has 3 rings (SSSR count). The zero-order valence-corrected chi connectivity index (χ0v) is 15.5. The summed E-state index contributed by atoms with van der Waals surface area (Å²) in [6.07, 6.45) is 0.668. The van der Waals surface area contributed by atoms with E-state index in [1.165, 1.54) is 13.0 Å². The Labute approximate surface area is 158 Å². The van der Waals surface area contributed by atoms with Crippen molar-refractivity contribution >= 4 is 17.5 Å². The highest BCUT2D eigenvalue weighted by molar-refractivity contribution is 5.95. The molecule has 1 fully saturated rings. The number of nitrogens with one attached hydrogen (secondary N) is 1. The van der Waals surface area contributed by atoms with Crippen molar-refractivity contribution in [3.8, 4) is 0 Å². The van der Waals surface area contributed by atoms with Gasteiger partial charge in [0.05, 0.1) is 0 Å². The van der Waals surface area contributed by atoms with E-state index in [0.717, 1.165) is 25.2 Å². The minimum Gasteiger partial charge on any atom is -0.322 e. The van der Waals surface area contributed by atoms with E-state index in [2.05, 4.69) is 10.2 Å². The normalized spacial score (nSPS) is 14.8. The maximum absolute atomic E-state index is 13.7. The molecule has 2 aromatic carbocycles. The number of Topliss-reactive ketones (excluding diaryl/α,β-unsaturated/α-hetero) is 1. The molecule has 5 nitrogen and oxygen atoms in total. The van der Waals surface area contributed by atoms with Crippen molar-refractivity contribution in [3.05, 3.63) is 65.5 Å². The molecule has 0 aliphatic carbocycles. The molecule has 1 saturated heterocycles. The molecule has 0 atom stereocenters. The van der Waals surface area contributed by atoms with Crippen molar-refractivity contribution in [3.63, 3.8) is 0 Å². The van der Waals surface area contributed by atoms with Crippen LogP contribution in [0, 0.1) is 5.82 Å². The second-order valence-electron chi connectivity index (χ2n) is 6.73. The number of piperazine rings is 1. The molecule has 142 valence electrons. The minimum atomic E-state index is -0.161. The molecule has 0 aromatic heterocycles. The fourth-order valence-corrected chi connectivity index (χ4v) is 3.15. The van der Waals surface area contributed by atoms with E-state index >= 15 is 0 Å². The van der Waals surface area contributed by atoms with E-state index in [1.54, 1.807) is 35.2 Å². The number of anilines is 1. The van der Waals surface area contributed by atoms with E-state index in [1.807, 2.05) is 12.1 Å². The maximum Gasteiger partial charge on any atom is 0.321 e. The fraction of sp³-hybridized carbons (Fsp3) is 0.333. The van der Waals surface area contributed by atoms with Crippen LogP contribution in [0.5, 0.6) is 0 Å². The van der Waals surface area contributed by atoms with Gasteiger partial charge in [-0.15, -0.1) is 0 Å². The molecule has 1 aliphatic heterocycles. The summed E-state index contributed by atoms with van der Waals surface area (Å²) in [5, 5.41) is 2.87. The summed E-state index contributed by atoms with van der Waals surface area (Å²) in [4.78, 5) is 27.7. The van der Waals surface area contributed by atoms with Crippen LogP contribution in [0.1, 0.15) is 22.8 Å². The van der Waals surface area contributed by atoms with Crippen molar-refractivity contribution in [2.45, 2.75) is 13.3 Å². The highest BCUT2D eigenvalue weighted by atomic mass is 19.1. The van der Waals surface area contributed by atoms with Gasteiger partial charge in [-0.3, -0.25) is 9.69 Å². The predicted molar refractivity (Wildman–Crippen MR) is 104 cm³/mol. The second kappa shape index (κ2) is 8.77. The predicted octanol–water partition coefficient (Wildman–Crippen LogP) is 3.42. The van der Waals surface area contributed by atoms with Crippen molar-refractivity contribution < 1.29 is 14.0 Å². The van der Waals surface area contributed by atoms with Gasteiger partial charge in [-0.2, -0.15) is 0 Å². The molecule has 1 N–H and O–H groups in total. The third-order valence-electron chi connectivity index (χ3n) is 4.86. The first-order valence-electron chi connectivity index (χ1n) is 9.15. The summed E-state index contributed by atoms with van der Waals surface area (Å²) in [7, 11) is 0. The van der Waals surface area contributed by atoms with Gasteiger partial charge in [-0.25, -0.2) is 9.18 Å². The van der Waals surface area contributed by atoms with Crippen molar-refractivity contribution in [1.82, 2.24) is 9.80 Å². The molecule has 6 heteroatoms. The molecule has 27 heavy (non-hydrogen) atoms. The fourth-order valence-electron chi connectivity index (χ4n) is 3.15. The number of nitrogens with zero attached hydrogens (tertiary/aromatic N) is 2. The summed E-state index contributed by atoms with van der Waals surface area (Å²) >= 11 is 0. The Morgan fingerprint density at radius 1 is 1.00 bits per heavy atom. The number of hydrogen-bond acceptors (Lipinski definition) is 3. The number of rotatable bonds is 5. The quantitative estimate of drug-likeness (QED) is 0.822. The van der Waals surface area contributed by atoms with Gasteiger partial charge >= 0.3 is 6.03 Å². The van der Waals surface area contributed by atoms with Crippen LogP contribution in [0.3, 0.4) is 0 Å². The van der Waals surface area contributed by atoms with E-state index in [9.17, 15) is 14.0 Å². The third-order valence-corrected chi connectivity index (χ3v) is 4.86. The molecular formula is C21H24FN3O2. The van der Waals surface area contributed by atoms with Crippen LogP contribution in [0.4, 0.5) is 14.9 Å². The standard InChI is InChI=1S/C21H24FN3O2/c1-16(26)17-6-8-19(9-7-17)23-21(27)25-14-12-24(13-15-25)11-10-18-4-2-3-5-20(18)22/h2-9H,10-15H2,1H3,(H,23,27). The average Bonchev–Trinajstić information content (AvgIpc) is 2.68. The number of hydrogen-bond donors (Lipinski definition) is 1. The van der Waals surface area contributed by atoms with Crippen LogP contribution < -0.4 is 5.32 Å².